The fourth-order valence-corrected chi connectivity index (χ4v) is 1.72. The van der Waals surface area contributed by atoms with Gasteiger partial charge in [0.25, 0.3) is 0 Å². The highest BCUT2D eigenvalue weighted by molar-refractivity contribution is 6.30. The molecular formula is C15H13ClO5. The minimum atomic E-state index is -0.688. The van der Waals surface area contributed by atoms with E-state index >= 15 is 0 Å². The number of hydrogen-bond donors (Lipinski definition) is 2. The lowest BCUT2D eigenvalue weighted by Gasteiger charge is -2.08. The lowest BCUT2D eigenvalue weighted by molar-refractivity contribution is 0.0447. The van der Waals surface area contributed by atoms with E-state index in [9.17, 15) is 9.90 Å². The summed E-state index contributed by atoms with van der Waals surface area (Å²) in [6, 6.07) is 10.4. The predicted octanol–water partition coefficient (Wildman–Crippen LogP) is 2.99. The first-order valence-corrected chi connectivity index (χ1v) is 6.51. The topological polar surface area (TPSA) is 76.0 Å². The van der Waals surface area contributed by atoms with Crippen molar-refractivity contribution in [1.82, 2.24) is 0 Å². The maximum absolute atomic E-state index is 11.7. The van der Waals surface area contributed by atoms with Crippen molar-refractivity contribution in [2.45, 2.75) is 0 Å². The van der Waals surface area contributed by atoms with Crippen LogP contribution in [0.1, 0.15) is 10.4 Å². The Morgan fingerprint density at radius 3 is 2.43 bits per heavy atom. The average Bonchev–Trinajstić information content (AvgIpc) is 2.45. The van der Waals surface area contributed by atoms with Gasteiger partial charge in [-0.1, -0.05) is 11.6 Å². The molecule has 0 aliphatic carbocycles. The van der Waals surface area contributed by atoms with Gasteiger partial charge in [0, 0.05) is 11.1 Å². The molecule has 110 valence electrons. The quantitative estimate of drug-likeness (QED) is 0.656. The molecule has 6 heteroatoms. The number of phenolic OH excluding ortho intramolecular Hbond substituents is 2. The summed E-state index contributed by atoms with van der Waals surface area (Å²) in [6.07, 6.45) is 0. The first kappa shape index (κ1) is 15.0. The van der Waals surface area contributed by atoms with E-state index in [2.05, 4.69) is 0 Å². The van der Waals surface area contributed by atoms with E-state index in [-0.39, 0.29) is 30.3 Å². The Hall–Kier alpha value is -2.40. The summed E-state index contributed by atoms with van der Waals surface area (Å²) in [5.41, 5.74) is -0.0145. The number of carbonyl (C=O) groups excluding carboxylic acids is 1. The van der Waals surface area contributed by atoms with E-state index in [1.165, 1.54) is 12.1 Å². The number of phenols is 2. The summed E-state index contributed by atoms with van der Waals surface area (Å²) in [5.74, 6) is -0.538. The molecule has 2 rings (SSSR count). The van der Waals surface area contributed by atoms with Crippen LogP contribution in [0.2, 0.25) is 5.02 Å². The summed E-state index contributed by atoms with van der Waals surface area (Å²) in [4.78, 5) is 11.7. The number of benzene rings is 2. The van der Waals surface area contributed by atoms with Gasteiger partial charge in [0.2, 0.25) is 0 Å². The number of halogens is 1. The van der Waals surface area contributed by atoms with Crippen molar-refractivity contribution in [2.24, 2.45) is 0 Å². The van der Waals surface area contributed by atoms with Gasteiger partial charge in [0.05, 0.1) is 0 Å². The minimum absolute atomic E-state index is 0.0145. The van der Waals surface area contributed by atoms with Crippen molar-refractivity contribution in [3.05, 3.63) is 53.1 Å². The molecule has 0 aromatic heterocycles. The Morgan fingerprint density at radius 1 is 1.05 bits per heavy atom. The van der Waals surface area contributed by atoms with Gasteiger partial charge in [-0.3, -0.25) is 0 Å². The van der Waals surface area contributed by atoms with Gasteiger partial charge in [0.15, 0.2) is 0 Å². The lowest BCUT2D eigenvalue weighted by atomic mass is 10.2. The molecule has 0 bridgehead atoms. The number of ether oxygens (including phenoxy) is 2. The molecule has 0 amide bonds. The molecule has 0 aliphatic heterocycles. The lowest BCUT2D eigenvalue weighted by Crippen LogP contribution is -2.12. The van der Waals surface area contributed by atoms with E-state index in [1.54, 1.807) is 24.3 Å². The molecule has 0 atom stereocenters. The Balaban J connectivity index is 1.80. The van der Waals surface area contributed by atoms with Crippen molar-refractivity contribution in [3.8, 4) is 17.2 Å². The maximum Gasteiger partial charge on any atom is 0.342 e. The predicted molar refractivity (Wildman–Crippen MR) is 77.0 cm³/mol. The van der Waals surface area contributed by atoms with Crippen molar-refractivity contribution < 1.29 is 24.5 Å². The molecule has 0 saturated carbocycles. The third kappa shape index (κ3) is 4.29. The van der Waals surface area contributed by atoms with Crippen LogP contribution < -0.4 is 4.74 Å². The van der Waals surface area contributed by atoms with E-state index in [0.29, 0.717) is 10.8 Å². The molecule has 0 fully saturated rings. The highest BCUT2D eigenvalue weighted by Crippen LogP contribution is 2.23. The smallest absolute Gasteiger partial charge is 0.342 e. The largest absolute Gasteiger partial charge is 0.508 e. The number of aromatic hydroxyl groups is 2. The van der Waals surface area contributed by atoms with Gasteiger partial charge < -0.3 is 19.7 Å². The SMILES string of the molecule is O=C(OCCOc1ccc(Cl)cc1)c1ccc(O)cc1O. The maximum atomic E-state index is 11.7. The first-order chi connectivity index (χ1) is 10.1. The van der Waals surface area contributed by atoms with Crippen molar-refractivity contribution in [1.29, 1.82) is 0 Å². The number of hydrogen-bond acceptors (Lipinski definition) is 5. The van der Waals surface area contributed by atoms with Crippen LogP contribution in [0.3, 0.4) is 0 Å². The van der Waals surface area contributed by atoms with Crippen LogP contribution in [0.15, 0.2) is 42.5 Å². The zero-order chi connectivity index (χ0) is 15.2. The van der Waals surface area contributed by atoms with E-state index in [0.717, 1.165) is 6.07 Å². The number of rotatable bonds is 5. The summed E-state index contributed by atoms with van der Waals surface area (Å²) in [5, 5.41) is 19.3. The van der Waals surface area contributed by atoms with Crippen LogP contribution >= 0.6 is 11.6 Å². The summed E-state index contributed by atoms with van der Waals surface area (Å²) in [6.45, 7) is 0.202. The molecule has 0 radical (unpaired) electrons. The fraction of sp³-hybridized carbons (Fsp3) is 0.133. The van der Waals surface area contributed by atoms with Gasteiger partial charge in [-0.2, -0.15) is 0 Å². The van der Waals surface area contributed by atoms with Crippen LogP contribution in [-0.2, 0) is 4.74 Å². The van der Waals surface area contributed by atoms with Gasteiger partial charge in [-0.15, -0.1) is 0 Å². The highest BCUT2D eigenvalue weighted by Gasteiger charge is 2.12. The third-order valence-electron chi connectivity index (χ3n) is 2.60. The summed E-state index contributed by atoms with van der Waals surface area (Å²) >= 11 is 5.74. The fourth-order valence-electron chi connectivity index (χ4n) is 1.60. The average molecular weight is 309 g/mol. The van der Waals surface area contributed by atoms with Gasteiger partial charge in [-0.05, 0) is 36.4 Å². The summed E-state index contributed by atoms with van der Waals surface area (Å²) < 4.78 is 10.3. The molecule has 0 aliphatic rings. The second kappa shape index (κ2) is 6.85. The zero-order valence-electron chi connectivity index (χ0n) is 11.0. The molecule has 0 unspecified atom stereocenters. The molecule has 5 nitrogen and oxygen atoms in total. The van der Waals surface area contributed by atoms with Gasteiger partial charge >= 0.3 is 5.97 Å². The van der Waals surface area contributed by atoms with Gasteiger partial charge in [0.1, 0.15) is 36.0 Å². The van der Waals surface area contributed by atoms with E-state index in [4.69, 9.17) is 26.2 Å². The standard InChI is InChI=1S/C15H13ClO5/c16-10-1-4-12(5-2-10)20-7-8-21-15(19)13-6-3-11(17)9-14(13)18/h1-6,9,17-18H,7-8H2. The summed E-state index contributed by atoms with van der Waals surface area (Å²) in [7, 11) is 0. The van der Waals surface area contributed by atoms with Crippen molar-refractivity contribution >= 4 is 17.6 Å². The third-order valence-corrected chi connectivity index (χ3v) is 2.85. The number of carbonyl (C=O) groups is 1. The van der Waals surface area contributed by atoms with Crippen molar-refractivity contribution in [3.63, 3.8) is 0 Å². The monoisotopic (exact) mass is 308 g/mol. The van der Waals surface area contributed by atoms with Crippen LogP contribution in [0.5, 0.6) is 17.2 Å². The molecule has 2 aromatic rings. The molecule has 0 heterocycles. The van der Waals surface area contributed by atoms with Crippen molar-refractivity contribution in [2.75, 3.05) is 13.2 Å². The zero-order valence-corrected chi connectivity index (χ0v) is 11.7. The second-order valence-corrected chi connectivity index (χ2v) is 4.58. The Labute approximate surface area is 126 Å². The van der Waals surface area contributed by atoms with Crippen LogP contribution in [-0.4, -0.2) is 29.4 Å². The van der Waals surface area contributed by atoms with Crippen LogP contribution in [0.4, 0.5) is 0 Å². The highest BCUT2D eigenvalue weighted by atomic mass is 35.5. The molecule has 0 saturated heterocycles. The Bertz CT molecular complexity index is 624. The first-order valence-electron chi connectivity index (χ1n) is 6.14. The second-order valence-electron chi connectivity index (χ2n) is 4.14. The Kier molecular flexibility index (Phi) is 4.90. The van der Waals surface area contributed by atoms with Crippen LogP contribution in [0, 0.1) is 0 Å². The van der Waals surface area contributed by atoms with Gasteiger partial charge in [-0.25, -0.2) is 4.79 Å². The van der Waals surface area contributed by atoms with Crippen LogP contribution in [0.25, 0.3) is 0 Å². The molecular weight excluding hydrogens is 296 g/mol. The number of esters is 1. The molecule has 2 aromatic carbocycles. The molecule has 21 heavy (non-hydrogen) atoms. The molecule has 2 N–H and O–H groups in total. The Morgan fingerprint density at radius 2 is 1.76 bits per heavy atom. The minimum Gasteiger partial charge on any atom is -0.508 e. The van der Waals surface area contributed by atoms with E-state index < -0.39 is 5.97 Å². The normalized spacial score (nSPS) is 10.1. The molecule has 0 spiro atoms. The van der Waals surface area contributed by atoms with E-state index in [1.807, 2.05) is 0 Å².